The molecule has 4 heteroatoms. The van der Waals surface area contributed by atoms with Gasteiger partial charge in [-0.3, -0.25) is 9.59 Å². The van der Waals surface area contributed by atoms with Gasteiger partial charge in [-0.2, -0.15) is 0 Å². The number of esters is 2. The molecule has 0 saturated heterocycles. The summed E-state index contributed by atoms with van der Waals surface area (Å²) in [7, 11) is 0. The van der Waals surface area contributed by atoms with Gasteiger partial charge in [-0.05, 0) is 78.5 Å². The lowest BCUT2D eigenvalue weighted by Crippen LogP contribution is -2.38. The van der Waals surface area contributed by atoms with Crippen LogP contribution in [0.1, 0.15) is 69.6 Å². The van der Waals surface area contributed by atoms with Crippen molar-refractivity contribution in [2.45, 2.75) is 72.3 Å². The fourth-order valence-electron chi connectivity index (χ4n) is 5.60. The Morgan fingerprint density at radius 1 is 1.11 bits per heavy atom. The number of carbonyl (C=O) groups excluding carboxylic acids is 2. The largest absolute Gasteiger partial charge is 0.461 e. The summed E-state index contributed by atoms with van der Waals surface area (Å²) in [6, 6.07) is 4.05. The number of allylic oxidation sites excluding steroid dienone is 2. The van der Waals surface area contributed by atoms with Crippen LogP contribution in [0.5, 0.6) is 5.75 Å². The molecule has 28 heavy (non-hydrogen) atoms. The van der Waals surface area contributed by atoms with Gasteiger partial charge in [0.05, 0.1) is 0 Å². The summed E-state index contributed by atoms with van der Waals surface area (Å²) in [4.78, 5) is 23.0. The number of rotatable bonds is 3. The highest BCUT2D eigenvalue weighted by Gasteiger charge is 2.50. The standard InChI is InChI=1S/C24H28O4/c1-5-24-13-12-19-18-8-10-22(27-15(3)25)14(2)17(18)6-7-20(19)21(24)9-11-23(24)28-16(4)26/h8-10,23H,5-7,11-13H2,1-4H3/t23-,24+/m1/s1. The molecule has 3 aliphatic rings. The van der Waals surface area contributed by atoms with E-state index in [0.717, 1.165) is 44.1 Å². The van der Waals surface area contributed by atoms with Crippen molar-refractivity contribution in [2.75, 3.05) is 0 Å². The Kier molecular flexibility index (Phi) is 4.68. The Balaban J connectivity index is 1.75. The summed E-state index contributed by atoms with van der Waals surface area (Å²) in [6.07, 6.45) is 8.04. The van der Waals surface area contributed by atoms with E-state index in [1.807, 2.05) is 13.0 Å². The van der Waals surface area contributed by atoms with Crippen LogP contribution in [0.2, 0.25) is 0 Å². The number of hydrogen-bond donors (Lipinski definition) is 0. The first kappa shape index (κ1) is 19.0. The first-order chi connectivity index (χ1) is 13.4. The van der Waals surface area contributed by atoms with Crippen molar-refractivity contribution in [1.82, 2.24) is 0 Å². The first-order valence-corrected chi connectivity index (χ1v) is 10.3. The quantitative estimate of drug-likeness (QED) is 0.542. The Morgan fingerprint density at radius 3 is 2.57 bits per heavy atom. The highest BCUT2D eigenvalue weighted by Crippen LogP contribution is 2.58. The van der Waals surface area contributed by atoms with E-state index in [1.165, 1.54) is 41.7 Å². The molecule has 0 aromatic heterocycles. The Morgan fingerprint density at radius 2 is 1.89 bits per heavy atom. The van der Waals surface area contributed by atoms with Crippen molar-refractivity contribution in [2.24, 2.45) is 5.41 Å². The highest BCUT2D eigenvalue weighted by atomic mass is 16.5. The second-order valence-corrected chi connectivity index (χ2v) is 8.23. The maximum absolute atomic E-state index is 11.6. The van der Waals surface area contributed by atoms with Gasteiger partial charge >= 0.3 is 11.9 Å². The van der Waals surface area contributed by atoms with E-state index in [2.05, 4.69) is 19.1 Å². The molecule has 0 amide bonds. The van der Waals surface area contributed by atoms with Gasteiger partial charge in [-0.1, -0.05) is 19.1 Å². The molecule has 0 fully saturated rings. The van der Waals surface area contributed by atoms with E-state index in [1.54, 1.807) is 0 Å². The molecule has 4 nitrogen and oxygen atoms in total. The molecule has 4 rings (SSSR count). The lowest BCUT2D eigenvalue weighted by atomic mass is 9.62. The van der Waals surface area contributed by atoms with Crippen molar-refractivity contribution in [3.8, 4) is 5.75 Å². The van der Waals surface area contributed by atoms with Gasteiger partial charge in [0.1, 0.15) is 11.9 Å². The molecule has 0 radical (unpaired) electrons. The Bertz CT molecular complexity index is 921. The number of fused-ring (bicyclic) bond motifs is 4. The molecular formula is C24H28O4. The van der Waals surface area contributed by atoms with E-state index in [4.69, 9.17) is 9.47 Å². The summed E-state index contributed by atoms with van der Waals surface area (Å²) >= 11 is 0. The summed E-state index contributed by atoms with van der Waals surface area (Å²) in [5.74, 6) is 0.204. The molecule has 0 aliphatic heterocycles. The predicted molar refractivity (Wildman–Crippen MR) is 108 cm³/mol. The second-order valence-electron chi connectivity index (χ2n) is 8.23. The van der Waals surface area contributed by atoms with Gasteiger partial charge in [0.2, 0.25) is 0 Å². The average molecular weight is 380 g/mol. The molecule has 2 atom stereocenters. The monoisotopic (exact) mass is 380 g/mol. The van der Waals surface area contributed by atoms with Crippen molar-refractivity contribution >= 4 is 17.5 Å². The van der Waals surface area contributed by atoms with Gasteiger partial charge < -0.3 is 9.47 Å². The Labute approximate surface area is 166 Å². The smallest absolute Gasteiger partial charge is 0.308 e. The van der Waals surface area contributed by atoms with Crippen LogP contribution in [0.3, 0.4) is 0 Å². The molecule has 0 heterocycles. The van der Waals surface area contributed by atoms with Gasteiger partial charge in [0, 0.05) is 25.7 Å². The average Bonchev–Trinajstić information content (AvgIpc) is 3.01. The SMILES string of the molecule is CC[C@]12CCC3=C(CCc4c3ccc(OC(C)=O)c4C)C1=CC[C@H]2OC(C)=O. The highest BCUT2D eigenvalue weighted by molar-refractivity contribution is 5.81. The summed E-state index contributed by atoms with van der Waals surface area (Å²) in [6.45, 7) is 7.22. The first-order valence-electron chi connectivity index (χ1n) is 10.3. The summed E-state index contributed by atoms with van der Waals surface area (Å²) in [5.41, 5.74) is 7.94. The van der Waals surface area contributed by atoms with Gasteiger partial charge in [-0.15, -0.1) is 0 Å². The number of ether oxygens (including phenoxy) is 2. The van der Waals surface area contributed by atoms with Crippen LogP contribution in [0, 0.1) is 12.3 Å². The van der Waals surface area contributed by atoms with Crippen LogP contribution < -0.4 is 4.74 Å². The van der Waals surface area contributed by atoms with Crippen molar-refractivity contribution in [3.05, 3.63) is 46.0 Å². The minimum absolute atomic E-state index is 0.0330. The Hall–Kier alpha value is -2.36. The number of carbonyl (C=O) groups is 2. The topological polar surface area (TPSA) is 52.6 Å². The third kappa shape index (κ3) is 2.81. The van der Waals surface area contributed by atoms with E-state index in [-0.39, 0.29) is 23.5 Å². The normalized spacial score (nSPS) is 25.4. The van der Waals surface area contributed by atoms with Gasteiger partial charge in [0.25, 0.3) is 0 Å². The van der Waals surface area contributed by atoms with Gasteiger partial charge in [0.15, 0.2) is 0 Å². The molecular weight excluding hydrogens is 352 g/mol. The molecule has 1 aromatic carbocycles. The van der Waals surface area contributed by atoms with Crippen LogP contribution in [0.4, 0.5) is 0 Å². The van der Waals surface area contributed by atoms with Gasteiger partial charge in [-0.25, -0.2) is 0 Å². The van der Waals surface area contributed by atoms with Crippen LogP contribution >= 0.6 is 0 Å². The van der Waals surface area contributed by atoms with Crippen molar-refractivity contribution in [1.29, 1.82) is 0 Å². The maximum atomic E-state index is 11.6. The predicted octanol–water partition coefficient (Wildman–Crippen LogP) is 5.07. The molecule has 148 valence electrons. The third-order valence-corrected chi connectivity index (χ3v) is 6.89. The fraction of sp³-hybridized carbons (Fsp3) is 0.500. The number of benzene rings is 1. The van der Waals surface area contributed by atoms with Crippen LogP contribution in [-0.2, 0) is 20.7 Å². The van der Waals surface area contributed by atoms with E-state index in [9.17, 15) is 9.59 Å². The molecule has 0 bridgehead atoms. The van der Waals surface area contributed by atoms with E-state index < -0.39 is 0 Å². The van der Waals surface area contributed by atoms with Crippen molar-refractivity contribution < 1.29 is 19.1 Å². The van der Waals surface area contributed by atoms with E-state index >= 15 is 0 Å². The lowest BCUT2D eigenvalue weighted by molar-refractivity contribution is -0.151. The zero-order valence-electron chi connectivity index (χ0n) is 17.2. The minimum Gasteiger partial charge on any atom is -0.461 e. The maximum Gasteiger partial charge on any atom is 0.308 e. The molecule has 0 N–H and O–H groups in total. The molecule has 0 saturated carbocycles. The second kappa shape index (κ2) is 6.91. The molecule has 1 aromatic rings. The van der Waals surface area contributed by atoms with Crippen molar-refractivity contribution in [3.63, 3.8) is 0 Å². The zero-order chi connectivity index (χ0) is 20.1. The number of hydrogen-bond acceptors (Lipinski definition) is 4. The third-order valence-electron chi connectivity index (χ3n) is 6.89. The molecule has 3 aliphatic carbocycles. The van der Waals surface area contributed by atoms with Crippen LogP contribution in [0.15, 0.2) is 29.4 Å². The molecule has 0 unspecified atom stereocenters. The minimum atomic E-state index is -0.281. The lowest BCUT2D eigenvalue weighted by Gasteiger charge is -2.43. The molecule has 0 spiro atoms. The fourth-order valence-corrected chi connectivity index (χ4v) is 5.60. The summed E-state index contributed by atoms with van der Waals surface area (Å²) < 4.78 is 11.1. The van der Waals surface area contributed by atoms with Crippen LogP contribution in [0.25, 0.3) is 5.57 Å². The zero-order valence-corrected chi connectivity index (χ0v) is 17.2. The van der Waals surface area contributed by atoms with E-state index in [0.29, 0.717) is 5.75 Å². The van der Waals surface area contributed by atoms with Crippen LogP contribution in [-0.4, -0.2) is 18.0 Å². The summed E-state index contributed by atoms with van der Waals surface area (Å²) in [5, 5.41) is 0.